The Morgan fingerprint density at radius 3 is 0.777 bits per heavy atom. The molecule has 22 rings (SSSR count). The molecule has 0 fully saturated rings. The van der Waals surface area contributed by atoms with E-state index in [4.69, 9.17) is 19.9 Å². The van der Waals surface area contributed by atoms with Gasteiger partial charge in [0, 0.05) is 90.4 Å². The molecule has 0 saturated carbocycles. The number of rotatable bonds is 12. The first-order chi connectivity index (χ1) is 55.6. The number of nitrogens with zero attached hydrogens (tertiary/aromatic N) is 8. The normalized spacial score (nSPS) is 11.6. The Balaban J connectivity index is 0.000000141. The minimum atomic E-state index is 0.644. The van der Waals surface area contributed by atoms with E-state index in [0.29, 0.717) is 11.9 Å². The molecule has 0 spiro atoms. The predicted molar refractivity (Wildman–Crippen MR) is 465 cm³/mol. The van der Waals surface area contributed by atoms with E-state index < -0.39 is 0 Å². The van der Waals surface area contributed by atoms with Gasteiger partial charge >= 0.3 is 0 Å². The largest absolute Gasteiger partial charge is 0.309 e. The first-order valence-electron chi connectivity index (χ1n) is 38.0. The fourth-order valence-electron chi connectivity index (χ4n) is 16.9. The molecule has 0 atom stereocenters. The summed E-state index contributed by atoms with van der Waals surface area (Å²) in [5.41, 5.74) is 29.7. The van der Waals surface area contributed by atoms with E-state index in [1.54, 1.807) is 0 Å². The maximum atomic E-state index is 5.03. The van der Waals surface area contributed by atoms with Gasteiger partial charge in [-0.2, -0.15) is 0 Å². The van der Waals surface area contributed by atoms with Crippen molar-refractivity contribution in [3.8, 4) is 112 Å². The maximum Gasteiger partial charge on any atom is 0.234 e. The summed E-state index contributed by atoms with van der Waals surface area (Å²) in [6, 6.07) is 138. The summed E-state index contributed by atoms with van der Waals surface area (Å²) in [5, 5.41) is 9.64. The summed E-state index contributed by atoms with van der Waals surface area (Å²) in [6.07, 6.45) is 7.83. The average molecular weight is 1430 g/mol. The van der Waals surface area contributed by atoms with Gasteiger partial charge in [-0.25, -0.2) is 19.9 Å². The average Bonchev–Trinajstić information content (AvgIpc) is 1.59. The second-order valence-corrected chi connectivity index (χ2v) is 28.5. The second kappa shape index (κ2) is 27.6. The van der Waals surface area contributed by atoms with E-state index in [2.05, 4.69) is 407 Å². The van der Waals surface area contributed by atoms with E-state index in [-0.39, 0.29) is 0 Å². The summed E-state index contributed by atoms with van der Waals surface area (Å²) < 4.78 is 9.09. The molecule has 0 aliphatic carbocycles. The lowest BCUT2D eigenvalue weighted by Crippen LogP contribution is -2.01. The fraction of sp³-hybridized carbons (Fsp3) is 0. The minimum absolute atomic E-state index is 0.644. The Kier molecular flexibility index (Phi) is 16.1. The van der Waals surface area contributed by atoms with Crippen LogP contribution < -0.4 is 0 Å². The van der Waals surface area contributed by atoms with Crippen molar-refractivity contribution in [2.24, 2.45) is 0 Å². The SMILES string of the molecule is c1ccc(-c2cccc(-c3ccccc3-c3cnc(-n4c5ccccc5c5cc(-c6ccc7c(c6)c6ccccc6n7-c6ccccc6)ccc54)nc3)c2)cc1.c1ccc(-c2ccccc2-c2ccccc2-c2cnc(-n3c4ccccc4c4cc(-c5ccc6c(c5)c5ccccc5n6-c5ccccc5)ccc43)nc2)cc1. The van der Waals surface area contributed by atoms with Crippen LogP contribution in [0.3, 0.4) is 0 Å². The zero-order chi connectivity index (χ0) is 74.0. The monoisotopic (exact) mass is 1430 g/mol. The van der Waals surface area contributed by atoms with Gasteiger partial charge in [-0.3, -0.25) is 9.13 Å². The summed E-state index contributed by atoms with van der Waals surface area (Å²) in [7, 11) is 0. The van der Waals surface area contributed by atoms with Crippen molar-refractivity contribution >= 4 is 87.2 Å². The smallest absolute Gasteiger partial charge is 0.234 e. The summed E-state index contributed by atoms with van der Waals surface area (Å²) in [5.74, 6) is 1.29. The van der Waals surface area contributed by atoms with E-state index in [0.717, 1.165) is 72.4 Å². The summed E-state index contributed by atoms with van der Waals surface area (Å²) >= 11 is 0. The van der Waals surface area contributed by atoms with Crippen LogP contribution in [0, 0.1) is 0 Å². The van der Waals surface area contributed by atoms with Crippen molar-refractivity contribution in [3.05, 3.63) is 413 Å². The van der Waals surface area contributed by atoms with Crippen LogP contribution in [0.4, 0.5) is 0 Å². The Morgan fingerprint density at radius 1 is 0.143 bits per heavy atom. The van der Waals surface area contributed by atoms with Crippen LogP contribution in [0.15, 0.2) is 413 Å². The molecule has 0 saturated heterocycles. The van der Waals surface area contributed by atoms with Crippen molar-refractivity contribution in [3.63, 3.8) is 0 Å². The number of hydrogen-bond acceptors (Lipinski definition) is 4. The highest BCUT2D eigenvalue weighted by atomic mass is 15.2. The molecule has 0 N–H and O–H groups in total. The lowest BCUT2D eigenvalue weighted by Gasteiger charge is -2.15. The lowest BCUT2D eigenvalue weighted by molar-refractivity contribution is 0.990. The van der Waals surface area contributed by atoms with Crippen molar-refractivity contribution in [2.75, 3.05) is 0 Å². The number of benzene rings is 16. The van der Waals surface area contributed by atoms with Crippen LogP contribution in [0.1, 0.15) is 0 Å². The van der Waals surface area contributed by atoms with E-state index in [9.17, 15) is 0 Å². The van der Waals surface area contributed by atoms with E-state index >= 15 is 0 Å². The summed E-state index contributed by atoms with van der Waals surface area (Å²) in [6.45, 7) is 0. The van der Waals surface area contributed by atoms with Crippen molar-refractivity contribution in [2.45, 2.75) is 0 Å². The highest BCUT2D eigenvalue weighted by Gasteiger charge is 2.22. The molecule has 524 valence electrons. The zero-order valence-electron chi connectivity index (χ0n) is 60.8. The van der Waals surface area contributed by atoms with Gasteiger partial charge in [0.25, 0.3) is 0 Å². The molecule has 0 bridgehead atoms. The Hall–Kier alpha value is -15.1. The highest BCUT2D eigenvalue weighted by molar-refractivity contribution is 6.15. The molecule has 22 aromatic rings. The van der Waals surface area contributed by atoms with Gasteiger partial charge in [0.05, 0.1) is 44.1 Å². The standard InChI is InChI=1S/2C52H34N4/c1-3-15-35(16-4-1)40-19-7-9-21-42(40)43-22-10-8-20-41(43)38-33-53-52(54-34-38)56-49-26-14-12-24-45(49)47-32-37(28-30-51(47)56)36-27-29-50-46(31-36)44-23-11-13-25-48(44)55(50)39-17-5-2-6-18-39;1-3-14-35(15-4-1)36-16-13-17-39(30-36)42-20-7-8-21-43(42)40-33-53-52(54-34-40)56-49-25-12-10-23-45(49)47-32-38(27-29-51(47)56)37-26-28-50-46(31-37)44-22-9-11-24-48(44)55(50)41-18-5-2-6-19-41/h2*1-34H. The first-order valence-corrected chi connectivity index (χ1v) is 38.0. The van der Waals surface area contributed by atoms with E-state index in [1.807, 2.05) is 24.8 Å². The quantitative estimate of drug-likeness (QED) is 0.122. The third kappa shape index (κ3) is 11.3. The molecule has 0 aliphatic rings. The van der Waals surface area contributed by atoms with Gasteiger partial charge in [-0.15, -0.1) is 0 Å². The van der Waals surface area contributed by atoms with Crippen molar-refractivity contribution in [1.29, 1.82) is 0 Å². The highest BCUT2D eigenvalue weighted by Crippen LogP contribution is 2.44. The Morgan fingerprint density at radius 2 is 0.393 bits per heavy atom. The molecule has 6 aromatic heterocycles. The zero-order valence-corrected chi connectivity index (χ0v) is 60.8. The maximum absolute atomic E-state index is 5.03. The van der Waals surface area contributed by atoms with Crippen LogP contribution >= 0.6 is 0 Å². The molecule has 0 radical (unpaired) electrons. The first kappa shape index (κ1) is 65.2. The van der Waals surface area contributed by atoms with Crippen LogP contribution in [-0.4, -0.2) is 38.2 Å². The van der Waals surface area contributed by atoms with Crippen LogP contribution in [-0.2, 0) is 0 Å². The predicted octanol–water partition coefficient (Wildman–Crippen LogP) is 26.7. The molecule has 0 unspecified atom stereocenters. The molecule has 0 amide bonds. The second-order valence-electron chi connectivity index (χ2n) is 28.5. The summed E-state index contributed by atoms with van der Waals surface area (Å²) in [4.78, 5) is 20.1. The molecule has 16 aromatic carbocycles. The number of aromatic nitrogens is 8. The number of hydrogen-bond donors (Lipinski definition) is 0. The molecule has 6 heterocycles. The van der Waals surface area contributed by atoms with Crippen molar-refractivity contribution in [1.82, 2.24) is 38.2 Å². The van der Waals surface area contributed by atoms with Crippen LogP contribution in [0.5, 0.6) is 0 Å². The van der Waals surface area contributed by atoms with Gasteiger partial charge in [-0.05, 0) is 181 Å². The lowest BCUT2D eigenvalue weighted by atomic mass is 9.90. The van der Waals surface area contributed by atoms with Gasteiger partial charge < -0.3 is 9.13 Å². The van der Waals surface area contributed by atoms with Gasteiger partial charge in [0.1, 0.15) is 0 Å². The molecule has 8 nitrogen and oxygen atoms in total. The molecule has 0 aliphatic heterocycles. The topological polar surface area (TPSA) is 71.3 Å². The third-order valence-corrected chi connectivity index (χ3v) is 22.1. The van der Waals surface area contributed by atoms with Crippen LogP contribution in [0.2, 0.25) is 0 Å². The fourth-order valence-corrected chi connectivity index (χ4v) is 16.9. The Labute approximate surface area is 646 Å². The number of fused-ring (bicyclic) bond motifs is 12. The minimum Gasteiger partial charge on any atom is -0.309 e. The van der Waals surface area contributed by atoms with E-state index in [1.165, 1.54) is 115 Å². The van der Waals surface area contributed by atoms with Crippen LogP contribution in [0.25, 0.3) is 200 Å². The van der Waals surface area contributed by atoms with Crippen molar-refractivity contribution < 1.29 is 0 Å². The number of para-hydroxylation sites is 6. The van der Waals surface area contributed by atoms with Gasteiger partial charge in [0.2, 0.25) is 11.9 Å². The Bertz CT molecular complexity index is 7340. The molecule has 8 heteroatoms. The molecule has 112 heavy (non-hydrogen) atoms. The van der Waals surface area contributed by atoms with Gasteiger partial charge in [-0.1, -0.05) is 285 Å². The molecular weight excluding hydrogens is 1360 g/mol. The molecular formula is C104H68N8. The third-order valence-electron chi connectivity index (χ3n) is 22.1. The van der Waals surface area contributed by atoms with Gasteiger partial charge in [0.15, 0.2) is 0 Å².